The summed E-state index contributed by atoms with van der Waals surface area (Å²) in [5.74, 6) is -0.146. The summed E-state index contributed by atoms with van der Waals surface area (Å²) in [6.07, 6.45) is 0.513. The van der Waals surface area contributed by atoms with Crippen LogP contribution in [-0.4, -0.2) is 66.9 Å². The second-order valence-corrected chi connectivity index (χ2v) is 4.53. The van der Waals surface area contributed by atoms with E-state index in [1.54, 1.807) is 23.9 Å². The minimum Gasteiger partial charge on any atom is -0.393 e. The van der Waals surface area contributed by atoms with Gasteiger partial charge in [0.05, 0.1) is 18.1 Å². The zero-order valence-electron chi connectivity index (χ0n) is 11.2. The summed E-state index contributed by atoms with van der Waals surface area (Å²) in [5.41, 5.74) is 5.38. The Labute approximate surface area is 113 Å². The van der Waals surface area contributed by atoms with E-state index in [0.717, 1.165) is 0 Å². The number of thiocarbonyl (C=S) groups is 1. The number of likely N-dealkylation sites (N-methyl/N-ethyl adjacent to an activating group) is 3. The zero-order valence-corrected chi connectivity index (χ0v) is 12.0. The lowest BCUT2D eigenvalue weighted by Gasteiger charge is -2.23. The number of nitrogens with two attached hydrogens (primary N) is 1. The smallest absolute Gasteiger partial charge is 0.236 e. The van der Waals surface area contributed by atoms with Crippen LogP contribution >= 0.6 is 12.2 Å². The molecule has 0 unspecified atom stereocenters. The summed E-state index contributed by atoms with van der Waals surface area (Å²) in [6.45, 7) is 3.50. The molecule has 7 heteroatoms. The predicted molar refractivity (Wildman–Crippen MR) is 75.2 cm³/mol. The quantitative estimate of drug-likeness (QED) is 0.566. The molecule has 104 valence electrons. The maximum Gasteiger partial charge on any atom is 0.236 e. The molecule has 0 aliphatic rings. The lowest BCUT2D eigenvalue weighted by molar-refractivity contribution is -0.131. The van der Waals surface area contributed by atoms with Gasteiger partial charge in [-0.3, -0.25) is 14.5 Å². The topological polar surface area (TPSA) is 78.7 Å². The molecule has 0 rings (SSSR count). The van der Waals surface area contributed by atoms with Crippen molar-refractivity contribution in [1.82, 2.24) is 15.1 Å². The molecule has 6 nitrogen and oxygen atoms in total. The van der Waals surface area contributed by atoms with Gasteiger partial charge in [0.1, 0.15) is 0 Å². The Bertz CT molecular complexity index is 309. The van der Waals surface area contributed by atoms with E-state index in [2.05, 4.69) is 5.32 Å². The SMILES string of the molecule is CCN(CC(=O)NC)CC(=O)N(C)CCC(N)=S. The Kier molecular flexibility index (Phi) is 8.23. The number of nitrogens with zero attached hydrogens (tertiary/aromatic N) is 2. The molecule has 0 saturated carbocycles. The molecule has 18 heavy (non-hydrogen) atoms. The molecule has 3 N–H and O–H groups in total. The summed E-state index contributed by atoms with van der Waals surface area (Å²) in [7, 11) is 3.28. The third-order valence-electron chi connectivity index (χ3n) is 2.57. The number of carbonyl (C=O) groups is 2. The molecular formula is C11H22N4O2S. The van der Waals surface area contributed by atoms with Crippen LogP contribution in [0.15, 0.2) is 0 Å². The van der Waals surface area contributed by atoms with Gasteiger partial charge in [-0.05, 0) is 6.54 Å². The van der Waals surface area contributed by atoms with Crippen LogP contribution in [0.25, 0.3) is 0 Å². The fraction of sp³-hybridized carbons (Fsp3) is 0.727. The van der Waals surface area contributed by atoms with E-state index in [9.17, 15) is 9.59 Å². The third-order valence-corrected chi connectivity index (χ3v) is 2.78. The highest BCUT2D eigenvalue weighted by Gasteiger charge is 2.15. The molecule has 0 bridgehead atoms. The van der Waals surface area contributed by atoms with Gasteiger partial charge in [-0.15, -0.1) is 0 Å². The second-order valence-electron chi connectivity index (χ2n) is 4.01. The van der Waals surface area contributed by atoms with E-state index in [1.165, 1.54) is 0 Å². The van der Waals surface area contributed by atoms with Crippen LogP contribution in [0.3, 0.4) is 0 Å². The fourth-order valence-electron chi connectivity index (χ4n) is 1.28. The molecule has 0 spiro atoms. The van der Waals surface area contributed by atoms with E-state index in [1.807, 2.05) is 6.92 Å². The molecule has 0 aromatic carbocycles. The molecular weight excluding hydrogens is 252 g/mol. The van der Waals surface area contributed by atoms with Gasteiger partial charge >= 0.3 is 0 Å². The maximum atomic E-state index is 11.9. The number of amides is 2. The van der Waals surface area contributed by atoms with Crippen LogP contribution in [0, 0.1) is 0 Å². The fourth-order valence-corrected chi connectivity index (χ4v) is 1.37. The van der Waals surface area contributed by atoms with E-state index in [4.69, 9.17) is 18.0 Å². The third kappa shape index (κ3) is 7.18. The van der Waals surface area contributed by atoms with E-state index in [0.29, 0.717) is 24.5 Å². The first kappa shape index (κ1) is 16.8. The molecule has 2 amide bonds. The molecule has 0 aromatic heterocycles. The molecule has 0 atom stereocenters. The maximum absolute atomic E-state index is 11.9. The van der Waals surface area contributed by atoms with Crippen LogP contribution in [0.1, 0.15) is 13.3 Å². The van der Waals surface area contributed by atoms with E-state index in [-0.39, 0.29) is 24.9 Å². The van der Waals surface area contributed by atoms with E-state index >= 15 is 0 Å². The summed E-state index contributed by atoms with van der Waals surface area (Å²) >= 11 is 4.76. The number of hydrogen-bond acceptors (Lipinski definition) is 4. The van der Waals surface area contributed by atoms with Crippen molar-refractivity contribution < 1.29 is 9.59 Å². The number of rotatable bonds is 8. The highest BCUT2D eigenvalue weighted by atomic mass is 32.1. The lowest BCUT2D eigenvalue weighted by Crippen LogP contribution is -2.43. The molecule has 0 aliphatic carbocycles. The standard InChI is InChI=1S/C11H22N4O2S/c1-4-15(7-10(16)13-2)8-11(17)14(3)6-5-9(12)18/h4-8H2,1-3H3,(H2,12,18)(H,13,16). The molecule has 0 fully saturated rings. The highest BCUT2D eigenvalue weighted by molar-refractivity contribution is 7.80. The predicted octanol–water partition coefficient (Wildman–Crippen LogP) is -0.811. The van der Waals surface area contributed by atoms with Crippen molar-refractivity contribution in [1.29, 1.82) is 0 Å². The van der Waals surface area contributed by atoms with Crippen LogP contribution < -0.4 is 11.1 Å². The number of hydrogen-bond donors (Lipinski definition) is 2. The first-order valence-corrected chi connectivity index (χ1v) is 6.26. The van der Waals surface area contributed by atoms with Gasteiger partial charge in [0, 0.05) is 27.1 Å². The second kappa shape index (κ2) is 8.82. The first-order chi connectivity index (χ1) is 8.40. The normalized spacial score (nSPS) is 10.2. The van der Waals surface area contributed by atoms with Crippen LogP contribution in [-0.2, 0) is 9.59 Å². The van der Waals surface area contributed by atoms with Crippen molar-refractivity contribution >= 4 is 29.0 Å². The lowest BCUT2D eigenvalue weighted by atomic mass is 10.3. The molecule has 0 saturated heterocycles. The summed E-state index contributed by atoms with van der Waals surface area (Å²) in [4.78, 5) is 26.8. The van der Waals surface area contributed by atoms with Crippen molar-refractivity contribution in [2.24, 2.45) is 5.73 Å². The Morgan fingerprint density at radius 2 is 1.94 bits per heavy atom. The number of nitrogens with one attached hydrogen (secondary N) is 1. The monoisotopic (exact) mass is 274 g/mol. The summed E-state index contributed by atoms with van der Waals surface area (Å²) in [6, 6.07) is 0. The van der Waals surface area contributed by atoms with Gasteiger partial charge in [0.15, 0.2) is 0 Å². The van der Waals surface area contributed by atoms with E-state index < -0.39 is 0 Å². The van der Waals surface area contributed by atoms with Crippen molar-refractivity contribution in [3.63, 3.8) is 0 Å². The molecule has 0 aromatic rings. The van der Waals surface area contributed by atoms with Gasteiger partial charge in [-0.25, -0.2) is 0 Å². The Hall–Kier alpha value is -1.21. The first-order valence-electron chi connectivity index (χ1n) is 5.85. The van der Waals surface area contributed by atoms with Crippen molar-refractivity contribution in [2.45, 2.75) is 13.3 Å². The minimum atomic E-state index is -0.101. The van der Waals surface area contributed by atoms with Gasteiger partial charge in [0.25, 0.3) is 0 Å². The van der Waals surface area contributed by atoms with Gasteiger partial charge < -0.3 is 16.0 Å². The highest BCUT2D eigenvalue weighted by Crippen LogP contribution is 1.94. The van der Waals surface area contributed by atoms with Gasteiger partial charge in [-0.2, -0.15) is 0 Å². The molecule has 0 radical (unpaired) electrons. The van der Waals surface area contributed by atoms with Crippen molar-refractivity contribution in [3.05, 3.63) is 0 Å². The average Bonchev–Trinajstić information content (AvgIpc) is 2.34. The van der Waals surface area contributed by atoms with Crippen LogP contribution in [0.4, 0.5) is 0 Å². The minimum absolute atomic E-state index is 0.0444. The Balaban J connectivity index is 4.16. The molecule has 0 heterocycles. The summed E-state index contributed by atoms with van der Waals surface area (Å²) in [5, 5.41) is 2.53. The average molecular weight is 274 g/mol. The van der Waals surface area contributed by atoms with Crippen molar-refractivity contribution in [2.75, 3.05) is 40.3 Å². The van der Waals surface area contributed by atoms with Crippen molar-refractivity contribution in [3.8, 4) is 0 Å². The Morgan fingerprint density at radius 3 is 2.39 bits per heavy atom. The van der Waals surface area contributed by atoms with Crippen LogP contribution in [0.5, 0.6) is 0 Å². The molecule has 0 aliphatic heterocycles. The van der Waals surface area contributed by atoms with Crippen LogP contribution in [0.2, 0.25) is 0 Å². The number of carbonyl (C=O) groups excluding carboxylic acids is 2. The summed E-state index contributed by atoms with van der Waals surface area (Å²) < 4.78 is 0. The van der Waals surface area contributed by atoms with Gasteiger partial charge in [0.2, 0.25) is 11.8 Å². The zero-order chi connectivity index (χ0) is 14.1. The van der Waals surface area contributed by atoms with Gasteiger partial charge in [-0.1, -0.05) is 19.1 Å². The largest absolute Gasteiger partial charge is 0.393 e. The Morgan fingerprint density at radius 1 is 1.33 bits per heavy atom.